The Bertz CT molecular complexity index is 390. The molecule has 4 N–H and O–H groups in total. The minimum absolute atomic E-state index is 0.0624. The van der Waals surface area contributed by atoms with Crippen molar-refractivity contribution in [3.8, 4) is 0 Å². The highest BCUT2D eigenvalue weighted by Crippen LogP contribution is 2.21. The van der Waals surface area contributed by atoms with E-state index < -0.39 is 5.60 Å². The Kier molecular flexibility index (Phi) is 2.55. The van der Waals surface area contributed by atoms with Gasteiger partial charge in [-0.3, -0.25) is 9.89 Å². The fourth-order valence-corrected chi connectivity index (χ4v) is 1.71. The first-order valence-corrected chi connectivity index (χ1v) is 5.17. The van der Waals surface area contributed by atoms with Crippen molar-refractivity contribution >= 4 is 11.9 Å². The zero-order valence-corrected chi connectivity index (χ0v) is 9.10. The van der Waals surface area contributed by atoms with E-state index in [2.05, 4.69) is 15.2 Å². The monoisotopic (exact) mass is 225 g/mol. The maximum Gasteiger partial charge on any atom is 0.291 e. The fourth-order valence-electron chi connectivity index (χ4n) is 1.71. The largest absolute Gasteiger partial charge is 0.390 e. The number of nitrogens with one attached hydrogen (secondary N) is 1. The van der Waals surface area contributed by atoms with Gasteiger partial charge in [0.05, 0.1) is 5.60 Å². The summed E-state index contributed by atoms with van der Waals surface area (Å²) in [5.74, 6) is -0.00824. The predicted octanol–water partition coefficient (Wildman–Crippen LogP) is -0.626. The van der Waals surface area contributed by atoms with Crippen molar-refractivity contribution in [3.05, 3.63) is 5.82 Å². The molecule has 7 nitrogen and oxygen atoms in total. The number of likely N-dealkylation sites (tertiary alicyclic amines) is 1. The van der Waals surface area contributed by atoms with Gasteiger partial charge in [0.25, 0.3) is 5.91 Å². The van der Waals surface area contributed by atoms with Crippen molar-refractivity contribution in [1.82, 2.24) is 20.1 Å². The van der Waals surface area contributed by atoms with E-state index in [-0.39, 0.29) is 17.7 Å². The molecule has 7 heteroatoms. The molecule has 1 fully saturated rings. The number of aromatic nitrogens is 3. The first kappa shape index (κ1) is 10.9. The average Bonchev–Trinajstić information content (AvgIpc) is 2.64. The predicted molar refractivity (Wildman–Crippen MR) is 56.6 cm³/mol. The minimum atomic E-state index is -0.669. The number of carbonyl (C=O) groups excluding carboxylic acids is 1. The number of hydrogen-bond donors (Lipinski definition) is 3. The second kappa shape index (κ2) is 3.75. The van der Waals surface area contributed by atoms with Gasteiger partial charge >= 0.3 is 0 Å². The molecule has 0 unspecified atom stereocenters. The summed E-state index contributed by atoms with van der Waals surface area (Å²) in [4.78, 5) is 17.3. The molecule has 0 radical (unpaired) electrons. The highest BCUT2D eigenvalue weighted by Gasteiger charge is 2.30. The molecule has 0 atom stereocenters. The molecule has 0 aromatic carbocycles. The number of hydrogen-bond acceptors (Lipinski definition) is 5. The van der Waals surface area contributed by atoms with E-state index in [9.17, 15) is 9.90 Å². The van der Waals surface area contributed by atoms with E-state index in [0.29, 0.717) is 25.9 Å². The molecule has 0 aliphatic carbocycles. The molecule has 1 aliphatic rings. The summed E-state index contributed by atoms with van der Waals surface area (Å²) in [6.45, 7) is 2.82. The van der Waals surface area contributed by atoms with Crippen molar-refractivity contribution in [1.29, 1.82) is 0 Å². The van der Waals surface area contributed by atoms with Crippen molar-refractivity contribution in [2.45, 2.75) is 25.4 Å². The number of amides is 1. The molecule has 1 amide bonds. The maximum absolute atomic E-state index is 11.9. The van der Waals surface area contributed by atoms with Crippen LogP contribution in [0.5, 0.6) is 0 Å². The summed E-state index contributed by atoms with van der Waals surface area (Å²) in [7, 11) is 0. The lowest BCUT2D eigenvalue weighted by molar-refractivity contribution is -0.00236. The van der Waals surface area contributed by atoms with Gasteiger partial charge in [-0.25, -0.2) is 0 Å². The average molecular weight is 225 g/mol. The number of rotatable bonds is 1. The van der Waals surface area contributed by atoms with Crippen LogP contribution < -0.4 is 5.73 Å². The van der Waals surface area contributed by atoms with Crippen LogP contribution in [0.15, 0.2) is 0 Å². The van der Waals surface area contributed by atoms with Crippen LogP contribution >= 0.6 is 0 Å². The molecule has 1 aromatic rings. The standard InChI is InChI=1S/C9H15N5O2/c1-9(16)2-4-14(5-3-9)7(15)6-11-8(10)13-12-6/h16H,2-5H2,1H3,(H3,10,11,12,13). The van der Waals surface area contributed by atoms with Crippen LogP contribution in [0, 0.1) is 0 Å². The number of H-pyrrole nitrogens is 1. The van der Waals surface area contributed by atoms with E-state index >= 15 is 0 Å². The van der Waals surface area contributed by atoms with E-state index in [0.717, 1.165) is 0 Å². The Morgan fingerprint density at radius 2 is 2.19 bits per heavy atom. The molecule has 0 bridgehead atoms. The topological polar surface area (TPSA) is 108 Å². The summed E-state index contributed by atoms with van der Waals surface area (Å²) in [6, 6.07) is 0. The van der Waals surface area contributed by atoms with Gasteiger partial charge < -0.3 is 15.7 Å². The summed E-state index contributed by atoms with van der Waals surface area (Å²) in [6.07, 6.45) is 1.14. The SMILES string of the molecule is CC1(O)CCN(C(=O)c2nc(N)n[nH]2)CC1. The first-order valence-electron chi connectivity index (χ1n) is 5.17. The zero-order chi connectivity index (χ0) is 11.8. The number of aliphatic hydroxyl groups is 1. The summed E-state index contributed by atoms with van der Waals surface area (Å²) < 4.78 is 0. The molecule has 0 saturated carbocycles. The van der Waals surface area contributed by atoms with Gasteiger partial charge in [0.15, 0.2) is 0 Å². The lowest BCUT2D eigenvalue weighted by Gasteiger charge is -2.35. The second-order valence-corrected chi connectivity index (χ2v) is 4.33. The highest BCUT2D eigenvalue weighted by atomic mass is 16.3. The van der Waals surface area contributed by atoms with E-state index in [1.54, 1.807) is 11.8 Å². The second-order valence-electron chi connectivity index (χ2n) is 4.33. The van der Waals surface area contributed by atoms with E-state index in [1.165, 1.54) is 0 Å². The van der Waals surface area contributed by atoms with Gasteiger partial charge in [-0.15, -0.1) is 5.10 Å². The van der Waals surface area contributed by atoms with E-state index in [4.69, 9.17) is 5.73 Å². The van der Waals surface area contributed by atoms with Gasteiger partial charge in [-0.1, -0.05) is 0 Å². The van der Waals surface area contributed by atoms with Crippen molar-refractivity contribution < 1.29 is 9.90 Å². The quantitative estimate of drug-likeness (QED) is 0.590. The molecular weight excluding hydrogens is 210 g/mol. The first-order chi connectivity index (χ1) is 7.48. The van der Waals surface area contributed by atoms with Crippen LogP contribution in [-0.2, 0) is 0 Å². The lowest BCUT2D eigenvalue weighted by atomic mass is 9.94. The van der Waals surface area contributed by atoms with Crippen molar-refractivity contribution in [2.75, 3.05) is 18.8 Å². The molecule has 88 valence electrons. The number of piperidine rings is 1. The Morgan fingerprint density at radius 3 is 2.69 bits per heavy atom. The maximum atomic E-state index is 11.9. The summed E-state index contributed by atoms with van der Waals surface area (Å²) in [5, 5.41) is 15.8. The Hall–Kier alpha value is -1.63. The van der Waals surface area contributed by atoms with Gasteiger partial charge in [0.2, 0.25) is 11.8 Å². The number of carbonyl (C=O) groups is 1. The van der Waals surface area contributed by atoms with Crippen LogP contribution in [-0.4, -0.2) is 49.8 Å². The third kappa shape index (κ3) is 2.13. The number of nitrogens with zero attached hydrogens (tertiary/aromatic N) is 3. The number of nitrogen functional groups attached to an aromatic ring is 1. The lowest BCUT2D eigenvalue weighted by Crippen LogP contribution is -2.45. The molecule has 0 spiro atoms. The molecule has 2 heterocycles. The Morgan fingerprint density at radius 1 is 1.56 bits per heavy atom. The Labute approximate surface area is 92.7 Å². The molecule has 1 aliphatic heterocycles. The van der Waals surface area contributed by atoms with Crippen LogP contribution in [0.2, 0.25) is 0 Å². The van der Waals surface area contributed by atoms with Crippen molar-refractivity contribution in [3.63, 3.8) is 0 Å². The Balaban J connectivity index is 2.02. The normalized spacial score (nSPS) is 19.8. The summed E-state index contributed by atoms with van der Waals surface area (Å²) >= 11 is 0. The molecule has 2 rings (SSSR count). The van der Waals surface area contributed by atoms with Crippen LogP contribution in [0.4, 0.5) is 5.95 Å². The van der Waals surface area contributed by atoms with Gasteiger partial charge in [0, 0.05) is 13.1 Å². The molecule has 16 heavy (non-hydrogen) atoms. The number of nitrogens with two attached hydrogens (primary N) is 1. The smallest absolute Gasteiger partial charge is 0.291 e. The van der Waals surface area contributed by atoms with Gasteiger partial charge in [-0.2, -0.15) is 4.98 Å². The third-order valence-corrected chi connectivity index (χ3v) is 2.83. The van der Waals surface area contributed by atoms with E-state index in [1.807, 2.05) is 0 Å². The fraction of sp³-hybridized carbons (Fsp3) is 0.667. The van der Waals surface area contributed by atoms with Crippen LogP contribution in [0.3, 0.4) is 0 Å². The van der Waals surface area contributed by atoms with Gasteiger partial charge in [0.1, 0.15) is 0 Å². The number of anilines is 1. The molecule has 1 aromatic heterocycles. The van der Waals surface area contributed by atoms with Gasteiger partial charge in [-0.05, 0) is 19.8 Å². The molecular formula is C9H15N5O2. The highest BCUT2D eigenvalue weighted by molar-refractivity contribution is 5.90. The van der Waals surface area contributed by atoms with Crippen molar-refractivity contribution in [2.24, 2.45) is 0 Å². The summed E-state index contributed by atoms with van der Waals surface area (Å²) in [5.41, 5.74) is 4.66. The molecule has 1 saturated heterocycles. The minimum Gasteiger partial charge on any atom is -0.390 e. The zero-order valence-electron chi connectivity index (χ0n) is 9.10. The van der Waals surface area contributed by atoms with Crippen LogP contribution in [0.1, 0.15) is 30.4 Å². The van der Waals surface area contributed by atoms with Crippen LogP contribution in [0.25, 0.3) is 0 Å². The number of aromatic amines is 1. The third-order valence-electron chi connectivity index (χ3n) is 2.83.